The number of ether oxygens (including phenoxy) is 2. The van der Waals surface area contributed by atoms with Crippen molar-refractivity contribution < 1.29 is 19.4 Å². The number of hydrogen-bond donors (Lipinski definition) is 1. The van der Waals surface area contributed by atoms with Crippen molar-refractivity contribution in [2.45, 2.75) is 25.8 Å². The summed E-state index contributed by atoms with van der Waals surface area (Å²) in [5.74, 6) is 0.892. The van der Waals surface area contributed by atoms with Crippen molar-refractivity contribution in [2.24, 2.45) is 5.41 Å². The molecule has 0 bridgehead atoms. The quantitative estimate of drug-likeness (QED) is 0.511. The summed E-state index contributed by atoms with van der Waals surface area (Å²) in [6, 6.07) is 23.9. The molecule has 3 aromatic rings. The van der Waals surface area contributed by atoms with Crippen molar-refractivity contribution >= 4 is 5.97 Å². The van der Waals surface area contributed by atoms with Gasteiger partial charge in [0.1, 0.15) is 11.5 Å². The summed E-state index contributed by atoms with van der Waals surface area (Å²) >= 11 is 0. The molecule has 5 heteroatoms. The molecule has 3 aromatic carbocycles. The summed E-state index contributed by atoms with van der Waals surface area (Å²) in [5, 5.41) is 10.4. The minimum atomic E-state index is -0.849. The van der Waals surface area contributed by atoms with Gasteiger partial charge in [-0.25, -0.2) is 0 Å². The van der Waals surface area contributed by atoms with E-state index in [1.54, 1.807) is 14.2 Å². The summed E-state index contributed by atoms with van der Waals surface area (Å²) in [5.41, 5.74) is 3.27. The van der Waals surface area contributed by atoms with Gasteiger partial charge >= 0.3 is 5.97 Å². The second-order valence-corrected chi connectivity index (χ2v) is 8.75. The molecule has 1 atom stereocenters. The number of nitrogens with zero attached hydrogens (tertiary/aromatic N) is 1. The summed E-state index contributed by atoms with van der Waals surface area (Å²) in [7, 11) is 3.34. The Balaban J connectivity index is 1.64. The minimum absolute atomic E-state index is 0.471. The Labute approximate surface area is 195 Å². The monoisotopic (exact) mass is 445 g/mol. The molecule has 0 aliphatic carbocycles. The Hall–Kier alpha value is -3.31. The van der Waals surface area contributed by atoms with Crippen LogP contribution in [0.1, 0.15) is 24.0 Å². The van der Waals surface area contributed by atoms with Gasteiger partial charge in [0.25, 0.3) is 0 Å². The first-order valence-electron chi connectivity index (χ1n) is 11.4. The van der Waals surface area contributed by atoms with Gasteiger partial charge in [-0.3, -0.25) is 9.69 Å². The summed E-state index contributed by atoms with van der Waals surface area (Å²) in [6.07, 6.45) is 1.97. The van der Waals surface area contributed by atoms with Gasteiger partial charge in [0.15, 0.2) is 0 Å². The van der Waals surface area contributed by atoms with Crippen molar-refractivity contribution in [3.63, 3.8) is 0 Å². The lowest BCUT2D eigenvalue weighted by Gasteiger charge is -2.40. The largest absolute Gasteiger partial charge is 0.496 e. The van der Waals surface area contributed by atoms with Crippen LogP contribution in [-0.2, 0) is 17.8 Å². The fraction of sp³-hybridized carbons (Fsp3) is 0.321. The molecule has 0 saturated carbocycles. The van der Waals surface area contributed by atoms with Crippen LogP contribution in [0, 0.1) is 5.41 Å². The first-order valence-corrected chi connectivity index (χ1v) is 11.4. The number of carboxylic acids is 1. The Kier molecular flexibility index (Phi) is 6.99. The molecule has 4 rings (SSSR count). The SMILES string of the molecule is COc1ccccc1CN1CCC[C@@](Cc2ccccc2-c2ccccc2OC)(C(=O)O)C1. The highest BCUT2D eigenvalue weighted by molar-refractivity contribution is 5.78. The number of piperidine rings is 1. The molecule has 0 spiro atoms. The van der Waals surface area contributed by atoms with E-state index in [0.717, 1.165) is 46.7 Å². The predicted octanol–water partition coefficient (Wildman–Crippen LogP) is 5.28. The molecule has 1 N–H and O–H groups in total. The number of rotatable bonds is 8. The lowest BCUT2D eigenvalue weighted by Crippen LogP contribution is -2.48. The van der Waals surface area contributed by atoms with Gasteiger partial charge in [0.2, 0.25) is 0 Å². The maximum absolute atomic E-state index is 12.7. The van der Waals surface area contributed by atoms with Gasteiger partial charge in [0.05, 0.1) is 19.6 Å². The summed E-state index contributed by atoms with van der Waals surface area (Å²) in [6.45, 7) is 2.05. The summed E-state index contributed by atoms with van der Waals surface area (Å²) < 4.78 is 11.1. The smallest absolute Gasteiger partial charge is 0.311 e. The van der Waals surface area contributed by atoms with Crippen LogP contribution in [0.25, 0.3) is 11.1 Å². The summed E-state index contributed by atoms with van der Waals surface area (Å²) in [4.78, 5) is 14.9. The van der Waals surface area contributed by atoms with Crippen LogP contribution < -0.4 is 9.47 Å². The number of likely N-dealkylation sites (tertiary alicyclic amines) is 1. The second-order valence-electron chi connectivity index (χ2n) is 8.75. The average Bonchev–Trinajstić information content (AvgIpc) is 2.85. The number of methoxy groups -OCH3 is 2. The molecule has 1 heterocycles. The number of aliphatic carboxylic acids is 1. The molecule has 1 aliphatic rings. The van der Waals surface area contributed by atoms with Crippen molar-refractivity contribution in [3.8, 4) is 22.6 Å². The average molecular weight is 446 g/mol. The fourth-order valence-electron chi connectivity index (χ4n) is 5.00. The zero-order valence-corrected chi connectivity index (χ0v) is 19.3. The van der Waals surface area contributed by atoms with E-state index in [0.29, 0.717) is 25.9 Å². The highest BCUT2D eigenvalue weighted by atomic mass is 16.5. The van der Waals surface area contributed by atoms with Crippen molar-refractivity contribution in [2.75, 3.05) is 27.3 Å². The molecule has 0 amide bonds. The van der Waals surface area contributed by atoms with E-state index in [1.807, 2.05) is 66.7 Å². The van der Waals surface area contributed by atoms with E-state index in [9.17, 15) is 9.90 Å². The van der Waals surface area contributed by atoms with E-state index in [4.69, 9.17) is 9.47 Å². The molecule has 0 aromatic heterocycles. The molecule has 1 fully saturated rings. The molecule has 0 radical (unpaired) electrons. The molecule has 0 unspecified atom stereocenters. The molecule has 172 valence electrons. The number of para-hydroxylation sites is 2. The van der Waals surface area contributed by atoms with Gasteiger partial charge < -0.3 is 14.6 Å². The van der Waals surface area contributed by atoms with Crippen LogP contribution in [0.2, 0.25) is 0 Å². The van der Waals surface area contributed by atoms with Gasteiger partial charge in [-0.05, 0) is 49.1 Å². The van der Waals surface area contributed by atoms with Crippen molar-refractivity contribution in [3.05, 3.63) is 83.9 Å². The number of carboxylic acid groups (broad SMARTS) is 1. The van der Waals surface area contributed by atoms with Gasteiger partial charge in [-0.15, -0.1) is 0 Å². The minimum Gasteiger partial charge on any atom is -0.496 e. The molecule has 1 aliphatic heterocycles. The van der Waals surface area contributed by atoms with Crippen LogP contribution in [0.4, 0.5) is 0 Å². The topological polar surface area (TPSA) is 59.0 Å². The molecular formula is C28H31NO4. The Morgan fingerprint density at radius 2 is 1.48 bits per heavy atom. The molecule has 1 saturated heterocycles. The van der Waals surface area contributed by atoms with Crippen LogP contribution in [0.5, 0.6) is 11.5 Å². The molecule has 5 nitrogen and oxygen atoms in total. The Bertz CT molecular complexity index is 1110. The predicted molar refractivity (Wildman–Crippen MR) is 130 cm³/mol. The highest BCUT2D eigenvalue weighted by Crippen LogP contribution is 2.39. The first kappa shape index (κ1) is 22.9. The fourth-order valence-corrected chi connectivity index (χ4v) is 5.00. The maximum Gasteiger partial charge on any atom is 0.311 e. The zero-order chi connectivity index (χ0) is 23.3. The lowest BCUT2D eigenvalue weighted by molar-refractivity contribution is -0.152. The standard InChI is InChI=1S/C28H31NO4/c1-32-25-14-7-4-11-22(25)19-29-17-9-16-28(20-29,27(30)31)18-21-10-3-5-12-23(21)24-13-6-8-15-26(24)33-2/h3-8,10-15H,9,16-20H2,1-2H3,(H,30,31)/t28-/m0/s1. The van der Waals surface area contributed by atoms with E-state index < -0.39 is 11.4 Å². The third kappa shape index (κ3) is 4.88. The first-order chi connectivity index (χ1) is 16.1. The van der Waals surface area contributed by atoms with Gasteiger partial charge in [-0.1, -0.05) is 60.7 Å². The maximum atomic E-state index is 12.7. The number of benzene rings is 3. The molecule has 33 heavy (non-hydrogen) atoms. The van der Waals surface area contributed by atoms with E-state index in [2.05, 4.69) is 11.0 Å². The highest BCUT2D eigenvalue weighted by Gasteiger charge is 2.43. The van der Waals surface area contributed by atoms with Gasteiger partial charge in [-0.2, -0.15) is 0 Å². The molecular weight excluding hydrogens is 414 g/mol. The van der Waals surface area contributed by atoms with Crippen LogP contribution in [-0.4, -0.2) is 43.3 Å². The van der Waals surface area contributed by atoms with Crippen molar-refractivity contribution in [1.29, 1.82) is 0 Å². The van der Waals surface area contributed by atoms with Crippen LogP contribution in [0.3, 0.4) is 0 Å². The van der Waals surface area contributed by atoms with E-state index in [-0.39, 0.29) is 0 Å². The number of hydrogen-bond acceptors (Lipinski definition) is 4. The van der Waals surface area contributed by atoms with Crippen molar-refractivity contribution in [1.82, 2.24) is 4.90 Å². The van der Waals surface area contributed by atoms with E-state index >= 15 is 0 Å². The third-order valence-electron chi connectivity index (χ3n) is 6.64. The normalized spacial score (nSPS) is 18.6. The van der Waals surface area contributed by atoms with Crippen LogP contribution in [0.15, 0.2) is 72.8 Å². The second kappa shape index (κ2) is 10.1. The lowest BCUT2D eigenvalue weighted by atomic mass is 9.74. The zero-order valence-electron chi connectivity index (χ0n) is 19.3. The Morgan fingerprint density at radius 1 is 0.879 bits per heavy atom. The third-order valence-corrected chi connectivity index (χ3v) is 6.64. The van der Waals surface area contributed by atoms with Crippen LogP contribution >= 0.6 is 0 Å². The van der Waals surface area contributed by atoms with E-state index in [1.165, 1.54) is 0 Å². The van der Waals surface area contributed by atoms with Gasteiger partial charge in [0, 0.05) is 24.2 Å². The number of carbonyl (C=O) groups is 1. The Morgan fingerprint density at radius 3 is 2.18 bits per heavy atom.